The molecule has 5 nitrogen and oxygen atoms in total. The zero-order valence-corrected chi connectivity index (χ0v) is 14.7. The number of amides is 1. The van der Waals surface area contributed by atoms with Gasteiger partial charge in [0.05, 0.1) is 18.5 Å². The predicted octanol–water partition coefficient (Wildman–Crippen LogP) is 3.71. The summed E-state index contributed by atoms with van der Waals surface area (Å²) in [7, 11) is 0. The fourth-order valence-corrected chi connectivity index (χ4v) is 3.59. The maximum atomic E-state index is 12.9. The second kappa shape index (κ2) is 7.02. The summed E-state index contributed by atoms with van der Waals surface area (Å²) >= 11 is 5.98. The molecule has 1 amide bonds. The minimum absolute atomic E-state index is 0.0206. The molecule has 0 bridgehead atoms. The van der Waals surface area contributed by atoms with Crippen molar-refractivity contribution in [2.75, 3.05) is 19.6 Å². The number of carbonyl (C=O) groups excluding carboxylic acids is 1. The van der Waals surface area contributed by atoms with E-state index >= 15 is 0 Å². The Hall–Kier alpha value is -2.11. The normalized spacial score (nSPS) is 20.9. The van der Waals surface area contributed by atoms with E-state index in [0.717, 1.165) is 43.0 Å². The van der Waals surface area contributed by atoms with Crippen molar-refractivity contribution < 1.29 is 9.21 Å². The summed E-state index contributed by atoms with van der Waals surface area (Å²) in [6, 6.07) is 11.1. The lowest BCUT2D eigenvalue weighted by Gasteiger charge is -2.22. The molecular formula is C19H20ClN3O2. The number of likely N-dealkylation sites (tertiary alicyclic amines) is 1. The Labute approximate surface area is 151 Å². The van der Waals surface area contributed by atoms with E-state index in [1.54, 1.807) is 11.3 Å². The highest BCUT2D eigenvalue weighted by molar-refractivity contribution is 6.30. The highest BCUT2D eigenvalue weighted by Crippen LogP contribution is 2.33. The van der Waals surface area contributed by atoms with Gasteiger partial charge in [-0.3, -0.25) is 9.69 Å². The number of hydrazone groups is 1. The maximum absolute atomic E-state index is 12.9. The molecule has 130 valence electrons. The van der Waals surface area contributed by atoms with E-state index in [9.17, 15) is 4.79 Å². The quantitative estimate of drug-likeness (QED) is 0.838. The molecule has 0 N–H and O–H groups in total. The summed E-state index contributed by atoms with van der Waals surface area (Å²) in [4.78, 5) is 15.0. The lowest BCUT2D eigenvalue weighted by Crippen LogP contribution is -2.36. The number of halogens is 1. The fourth-order valence-electron chi connectivity index (χ4n) is 3.46. The van der Waals surface area contributed by atoms with E-state index in [2.05, 4.69) is 10.0 Å². The third-order valence-electron chi connectivity index (χ3n) is 4.77. The minimum atomic E-state index is -0.184. The van der Waals surface area contributed by atoms with E-state index in [4.69, 9.17) is 16.0 Å². The molecule has 0 unspecified atom stereocenters. The van der Waals surface area contributed by atoms with Gasteiger partial charge in [-0.15, -0.1) is 0 Å². The van der Waals surface area contributed by atoms with Gasteiger partial charge in [-0.2, -0.15) is 5.10 Å². The first-order valence-electron chi connectivity index (χ1n) is 8.62. The predicted molar refractivity (Wildman–Crippen MR) is 96.6 cm³/mol. The van der Waals surface area contributed by atoms with Crippen LogP contribution in [-0.4, -0.2) is 41.2 Å². The van der Waals surface area contributed by atoms with Crippen molar-refractivity contribution in [3.63, 3.8) is 0 Å². The molecule has 2 aliphatic rings. The minimum Gasteiger partial charge on any atom is -0.467 e. The van der Waals surface area contributed by atoms with Crippen LogP contribution in [0.2, 0.25) is 5.02 Å². The Kier molecular flexibility index (Phi) is 4.59. The van der Waals surface area contributed by atoms with Gasteiger partial charge in [0.2, 0.25) is 0 Å². The van der Waals surface area contributed by atoms with Crippen LogP contribution < -0.4 is 0 Å². The van der Waals surface area contributed by atoms with E-state index in [1.165, 1.54) is 0 Å². The Bertz CT molecular complexity index is 764. The Morgan fingerprint density at radius 2 is 1.96 bits per heavy atom. The number of nitrogens with zero attached hydrogens (tertiary/aromatic N) is 3. The van der Waals surface area contributed by atoms with E-state index in [1.807, 2.05) is 36.4 Å². The van der Waals surface area contributed by atoms with Crippen molar-refractivity contribution in [2.24, 2.45) is 5.10 Å². The second-order valence-electron chi connectivity index (χ2n) is 6.51. The van der Waals surface area contributed by atoms with Gasteiger partial charge in [-0.1, -0.05) is 23.7 Å². The first kappa shape index (κ1) is 16.4. The standard InChI is InChI=1S/C19H20ClN3O2/c20-15-7-5-14(6-8-15)16-12-17(18-4-3-11-25-18)23(21-16)19(24)13-22-9-1-2-10-22/h3-8,11,17H,1-2,9-10,12-13H2/t17-/m1/s1. The molecule has 1 fully saturated rings. The smallest absolute Gasteiger partial charge is 0.257 e. The van der Waals surface area contributed by atoms with E-state index in [-0.39, 0.29) is 11.9 Å². The summed E-state index contributed by atoms with van der Waals surface area (Å²) in [5.74, 6) is 0.787. The molecule has 25 heavy (non-hydrogen) atoms. The third-order valence-corrected chi connectivity index (χ3v) is 5.02. The van der Waals surface area contributed by atoms with Gasteiger partial charge in [0, 0.05) is 11.4 Å². The molecular weight excluding hydrogens is 338 g/mol. The molecule has 0 aliphatic carbocycles. The van der Waals surface area contributed by atoms with Crippen molar-refractivity contribution in [2.45, 2.75) is 25.3 Å². The summed E-state index contributed by atoms with van der Waals surface area (Å²) in [5.41, 5.74) is 1.87. The summed E-state index contributed by atoms with van der Waals surface area (Å²) in [6.45, 7) is 2.38. The molecule has 0 spiro atoms. The number of hydrogen-bond acceptors (Lipinski definition) is 4. The van der Waals surface area contributed by atoms with Gasteiger partial charge in [0.25, 0.3) is 5.91 Å². The molecule has 6 heteroatoms. The van der Waals surface area contributed by atoms with E-state index < -0.39 is 0 Å². The Morgan fingerprint density at radius 3 is 2.64 bits per heavy atom. The summed E-state index contributed by atoms with van der Waals surface area (Å²) in [5, 5.41) is 6.92. The third kappa shape index (κ3) is 3.48. The molecule has 1 saturated heterocycles. The fraction of sp³-hybridized carbons (Fsp3) is 0.368. The van der Waals surface area contributed by atoms with Crippen molar-refractivity contribution in [3.05, 3.63) is 59.0 Å². The molecule has 3 heterocycles. The molecule has 0 saturated carbocycles. The van der Waals surface area contributed by atoms with Crippen LogP contribution in [-0.2, 0) is 4.79 Å². The molecule has 1 atom stereocenters. The molecule has 1 aromatic carbocycles. The maximum Gasteiger partial charge on any atom is 0.257 e. The SMILES string of the molecule is O=C(CN1CCCC1)N1N=C(c2ccc(Cl)cc2)C[C@@H]1c1ccco1. The first-order valence-corrected chi connectivity index (χ1v) is 9.00. The van der Waals surface area contributed by atoms with Crippen LogP contribution in [0.15, 0.2) is 52.2 Å². The van der Waals surface area contributed by atoms with Crippen LogP contribution in [0.3, 0.4) is 0 Å². The Balaban J connectivity index is 1.59. The highest BCUT2D eigenvalue weighted by Gasteiger charge is 2.35. The zero-order chi connectivity index (χ0) is 17.2. The Morgan fingerprint density at radius 1 is 1.20 bits per heavy atom. The van der Waals surface area contributed by atoms with Crippen LogP contribution in [0.25, 0.3) is 0 Å². The van der Waals surface area contributed by atoms with Crippen molar-refractivity contribution in [1.82, 2.24) is 9.91 Å². The number of furan rings is 1. The van der Waals surface area contributed by atoms with Crippen molar-refractivity contribution >= 4 is 23.2 Å². The van der Waals surface area contributed by atoms with Gasteiger partial charge in [0.15, 0.2) is 0 Å². The van der Waals surface area contributed by atoms with Crippen LogP contribution in [0.5, 0.6) is 0 Å². The van der Waals surface area contributed by atoms with Crippen LogP contribution in [0.1, 0.15) is 36.6 Å². The molecule has 2 aliphatic heterocycles. The largest absolute Gasteiger partial charge is 0.467 e. The molecule has 2 aromatic rings. The van der Waals surface area contributed by atoms with Gasteiger partial charge in [-0.05, 0) is 55.8 Å². The summed E-state index contributed by atoms with van der Waals surface area (Å²) in [6.07, 6.45) is 4.60. The molecule has 4 rings (SSSR count). The van der Waals surface area contributed by atoms with Gasteiger partial charge in [-0.25, -0.2) is 5.01 Å². The molecule has 1 aromatic heterocycles. The highest BCUT2D eigenvalue weighted by atomic mass is 35.5. The van der Waals surface area contributed by atoms with Crippen LogP contribution in [0, 0.1) is 0 Å². The number of hydrogen-bond donors (Lipinski definition) is 0. The number of benzene rings is 1. The second-order valence-corrected chi connectivity index (χ2v) is 6.95. The van der Waals surface area contributed by atoms with Crippen molar-refractivity contribution in [3.8, 4) is 0 Å². The monoisotopic (exact) mass is 357 g/mol. The lowest BCUT2D eigenvalue weighted by molar-refractivity contribution is -0.134. The first-order chi connectivity index (χ1) is 12.2. The number of rotatable bonds is 4. The van der Waals surface area contributed by atoms with Crippen molar-refractivity contribution in [1.29, 1.82) is 0 Å². The number of carbonyl (C=O) groups is 1. The topological polar surface area (TPSA) is 49.1 Å². The zero-order valence-electron chi connectivity index (χ0n) is 13.9. The van der Waals surface area contributed by atoms with Gasteiger partial charge >= 0.3 is 0 Å². The molecule has 0 radical (unpaired) electrons. The van der Waals surface area contributed by atoms with Crippen LogP contribution in [0.4, 0.5) is 0 Å². The average molecular weight is 358 g/mol. The summed E-state index contributed by atoms with van der Waals surface area (Å²) < 4.78 is 5.57. The van der Waals surface area contributed by atoms with Gasteiger partial charge in [0.1, 0.15) is 11.8 Å². The average Bonchev–Trinajstić information content (AvgIpc) is 3.36. The van der Waals surface area contributed by atoms with Gasteiger partial charge < -0.3 is 4.42 Å². The van der Waals surface area contributed by atoms with Crippen LogP contribution >= 0.6 is 11.6 Å². The van der Waals surface area contributed by atoms with E-state index in [0.29, 0.717) is 18.0 Å². The lowest BCUT2D eigenvalue weighted by atomic mass is 10.0.